The Morgan fingerprint density at radius 1 is 1.19 bits per heavy atom. The average Bonchev–Trinajstić information content (AvgIpc) is 2.48. The van der Waals surface area contributed by atoms with Gasteiger partial charge in [-0.3, -0.25) is 0 Å². The lowest BCUT2D eigenvalue weighted by Crippen LogP contribution is -2.10. The molecule has 4 heteroatoms. The van der Waals surface area contributed by atoms with Crippen LogP contribution in [0.3, 0.4) is 0 Å². The first-order valence-electron chi connectivity index (χ1n) is 6.96. The highest BCUT2D eigenvalue weighted by Crippen LogP contribution is 2.28. The first-order valence-corrected chi connectivity index (χ1v) is 7.75. The molecule has 0 atom stereocenters. The normalized spacial score (nSPS) is 10.4. The molecular formula is C17H18ClNOS. The van der Waals surface area contributed by atoms with Crippen LogP contribution in [0.5, 0.6) is 11.5 Å². The first-order chi connectivity index (χ1) is 10.1. The Bertz CT molecular complexity index is 625. The zero-order chi connectivity index (χ0) is 15.2. The molecule has 0 fully saturated rings. The van der Waals surface area contributed by atoms with Crippen molar-refractivity contribution in [3.05, 3.63) is 58.6 Å². The number of ether oxygens (including phenoxy) is 1. The SMILES string of the molecule is CCCCc1ccc(Oc2ccc(Cl)cc2C(N)=S)cc1. The summed E-state index contributed by atoms with van der Waals surface area (Å²) in [6, 6.07) is 13.3. The van der Waals surface area contributed by atoms with Crippen molar-refractivity contribution in [2.24, 2.45) is 5.73 Å². The van der Waals surface area contributed by atoms with Gasteiger partial charge in [-0.25, -0.2) is 0 Å². The molecule has 0 heterocycles. The minimum atomic E-state index is 0.270. The zero-order valence-corrected chi connectivity index (χ0v) is 13.5. The summed E-state index contributed by atoms with van der Waals surface area (Å²) in [4.78, 5) is 0.270. The van der Waals surface area contributed by atoms with Gasteiger partial charge >= 0.3 is 0 Å². The topological polar surface area (TPSA) is 35.2 Å². The van der Waals surface area contributed by atoms with E-state index in [9.17, 15) is 0 Å². The van der Waals surface area contributed by atoms with Crippen molar-refractivity contribution < 1.29 is 4.74 Å². The van der Waals surface area contributed by atoms with Crippen LogP contribution in [0.15, 0.2) is 42.5 Å². The lowest BCUT2D eigenvalue weighted by Gasteiger charge is -2.11. The Labute approximate surface area is 135 Å². The van der Waals surface area contributed by atoms with Crippen LogP contribution >= 0.6 is 23.8 Å². The quantitative estimate of drug-likeness (QED) is 0.751. The number of unbranched alkanes of at least 4 members (excludes halogenated alkanes) is 1. The summed E-state index contributed by atoms with van der Waals surface area (Å²) in [5, 5.41) is 0.583. The van der Waals surface area contributed by atoms with Crippen LogP contribution in [0.2, 0.25) is 5.02 Å². The van der Waals surface area contributed by atoms with Gasteiger partial charge in [0.05, 0.1) is 5.56 Å². The predicted molar refractivity (Wildman–Crippen MR) is 92.5 cm³/mol. The second-order valence-corrected chi connectivity index (χ2v) is 5.73. The largest absolute Gasteiger partial charge is 0.457 e. The van der Waals surface area contributed by atoms with E-state index in [4.69, 9.17) is 34.3 Å². The van der Waals surface area contributed by atoms with E-state index < -0.39 is 0 Å². The van der Waals surface area contributed by atoms with E-state index in [1.54, 1.807) is 18.2 Å². The van der Waals surface area contributed by atoms with E-state index in [0.29, 0.717) is 16.3 Å². The molecule has 0 aliphatic rings. The van der Waals surface area contributed by atoms with Crippen LogP contribution in [0, 0.1) is 0 Å². The van der Waals surface area contributed by atoms with Gasteiger partial charge in [0.15, 0.2) is 0 Å². The Morgan fingerprint density at radius 2 is 1.90 bits per heavy atom. The van der Waals surface area contributed by atoms with E-state index >= 15 is 0 Å². The Kier molecular flexibility index (Phi) is 5.59. The predicted octanol–water partition coefficient (Wildman–Crippen LogP) is 5.11. The van der Waals surface area contributed by atoms with Crippen LogP contribution in [0.4, 0.5) is 0 Å². The molecule has 2 aromatic carbocycles. The summed E-state index contributed by atoms with van der Waals surface area (Å²) in [6.45, 7) is 2.19. The summed E-state index contributed by atoms with van der Waals surface area (Å²) < 4.78 is 5.86. The second kappa shape index (κ2) is 7.43. The summed E-state index contributed by atoms with van der Waals surface area (Å²) >= 11 is 11.0. The van der Waals surface area contributed by atoms with Crippen molar-refractivity contribution in [2.45, 2.75) is 26.2 Å². The average molecular weight is 320 g/mol. The molecule has 2 nitrogen and oxygen atoms in total. The molecule has 0 bridgehead atoms. The van der Waals surface area contributed by atoms with E-state index in [1.165, 1.54) is 18.4 Å². The summed E-state index contributed by atoms with van der Waals surface area (Å²) in [5.74, 6) is 1.38. The standard InChI is InChI=1S/C17H18ClNOS/c1-2-3-4-12-5-8-14(9-6-12)20-16-10-7-13(18)11-15(16)17(19)21/h5-11H,2-4H2,1H3,(H2,19,21). The Morgan fingerprint density at radius 3 is 2.52 bits per heavy atom. The van der Waals surface area contributed by atoms with E-state index in [1.807, 2.05) is 12.1 Å². The van der Waals surface area contributed by atoms with Crippen LogP contribution in [-0.4, -0.2) is 4.99 Å². The van der Waals surface area contributed by atoms with E-state index in [-0.39, 0.29) is 4.99 Å². The molecule has 0 aliphatic heterocycles. The maximum atomic E-state index is 5.96. The van der Waals surface area contributed by atoms with E-state index in [2.05, 4.69) is 19.1 Å². The lowest BCUT2D eigenvalue weighted by molar-refractivity contribution is 0.481. The van der Waals surface area contributed by atoms with Gasteiger partial charge in [0.25, 0.3) is 0 Å². The van der Waals surface area contributed by atoms with Gasteiger partial charge < -0.3 is 10.5 Å². The van der Waals surface area contributed by atoms with Gasteiger partial charge in [-0.05, 0) is 48.7 Å². The zero-order valence-electron chi connectivity index (χ0n) is 11.9. The second-order valence-electron chi connectivity index (χ2n) is 4.85. The third kappa shape index (κ3) is 4.45. The van der Waals surface area contributed by atoms with Crippen molar-refractivity contribution >= 4 is 28.8 Å². The lowest BCUT2D eigenvalue weighted by atomic mass is 10.1. The smallest absolute Gasteiger partial charge is 0.137 e. The highest BCUT2D eigenvalue weighted by Gasteiger charge is 2.08. The fraction of sp³-hybridized carbons (Fsp3) is 0.235. The maximum absolute atomic E-state index is 5.96. The summed E-state index contributed by atoms with van der Waals surface area (Å²) in [6.07, 6.45) is 3.49. The molecule has 0 radical (unpaired) electrons. The first kappa shape index (κ1) is 15.8. The number of rotatable bonds is 6. The molecule has 21 heavy (non-hydrogen) atoms. The fourth-order valence-corrected chi connectivity index (χ4v) is 2.35. The number of hydrogen-bond acceptors (Lipinski definition) is 2. The molecule has 0 spiro atoms. The third-order valence-electron chi connectivity index (χ3n) is 3.18. The van der Waals surface area contributed by atoms with Gasteiger partial charge in [0.1, 0.15) is 16.5 Å². The molecule has 0 amide bonds. The van der Waals surface area contributed by atoms with Gasteiger partial charge in [0.2, 0.25) is 0 Å². The minimum absolute atomic E-state index is 0.270. The van der Waals surface area contributed by atoms with Crippen molar-refractivity contribution in [2.75, 3.05) is 0 Å². The number of hydrogen-bond donors (Lipinski definition) is 1. The van der Waals surface area contributed by atoms with Gasteiger partial charge in [0, 0.05) is 5.02 Å². The fourth-order valence-electron chi connectivity index (χ4n) is 2.02. The van der Waals surface area contributed by atoms with Crippen molar-refractivity contribution in [1.29, 1.82) is 0 Å². The molecule has 0 aliphatic carbocycles. The van der Waals surface area contributed by atoms with Gasteiger partial charge in [-0.1, -0.05) is 49.3 Å². The van der Waals surface area contributed by atoms with Crippen molar-refractivity contribution in [3.8, 4) is 11.5 Å². The molecule has 0 saturated heterocycles. The Hall–Kier alpha value is -1.58. The minimum Gasteiger partial charge on any atom is -0.457 e. The Balaban J connectivity index is 2.16. The molecule has 0 unspecified atom stereocenters. The highest BCUT2D eigenvalue weighted by atomic mass is 35.5. The molecule has 110 valence electrons. The number of nitrogens with two attached hydrogens (primary N) is 1. The number of halogens is 1. The van der Waals surface area contributed by atoms with Crippen molar-refractivity contribution in [1.82, 2.24) is 0 Å². The molecular weight excluding hydrogens is 302 g/mol. The van der Waals surface area contributed by atoms with Gasteiger partial charge in [-0.2, -0.15) is 0 Å². The van der Waals surface area contributed by atoms with Crippen LogP contribution in [-0.2, 0) is 6.42 Å². The highest BCUT2D eigenvalue weighted by molar-refractivity contribution is 7.80. The van der Waals surface area contributed by atoms with Crippen LogP contribution in [0.25, 0.3) is 0 Å². The number of thiocarbonyl (C=S) groups is 1. The molecule has 2 aromatic rings. The molecule has 0 aromatic heterocycles. The number of aryl methyl sites for hydroxylation is 1. The molecule has 0 saturated carbocycles. The van der Waals surface area contributed by atoms with Crippen molar-refractivity contribution in [3.63, 3.8) is 0 Å². The van der Waals surface area contributed by atoms with E-state index in [0.717, 1.165) is 12.2 Å². The monoisotopic (exact) mass is 319 g/mol. The summed E-state index contributed by atoms with van der Waals surface area (Å²) in [5.41, 5.74) is 7.67. The van der Waals surface area contributed by atoms with Gasteiger partial charge in [-0.15, -0.1) is 0 Å². The summed E-state index contributed by atoms with van der Waals surface area (Å²) in [7, 11) is 0. The van der Waals surface area contributed by atoms with Crippen LogP contribution in [0.1, 0.15) is 30.9 Å². The third-order valence-corrected chi connectivity index (χ3v) is 3.63. The molecule has 2 N–H and O–H groups in total. The maximum Gasteiger partial charge on any atom is 0.137 e. The number of benzene rings is 2. The van der Waals surface area contributed by atoms with Crippen LogP contribution < -0.4 is 10.5 Å². The molecule has 2 rings (SSSR count).